The summed E-state index contributed by atoms with van der Waals surface area (Å²) in [4.78, 5) is 0. The lowest BCUT2D eigenvalue weighted by atomic mass is 9.79. The first-order chi connectivity index (χ1) is 27.6. The van der Waals surface area contributed by atoms with Gasteiger partial charge in [0.1, 0.15) is 11.2 Å². The van der Waals surface area contributed by atoms with Gasteiger partial charge in [-0.05, 0) is 99.7 Å². The average Bonchev–Trinajstić information content (AvgIpc) is 3.75. The van der Waals surface area contributed by atoms with E-state index in [1.54, 1.807) is 0 Å². The van der Waals surface area contributed by atoms with Gasteiger partial charge in [-0.1, -0.05) is 184 Å². The van der Waals surface area contributed by atoms with Crippen LogP contribution in [-0.4, -0.2) is 0 Å². The van der Waals surface area contributed by atoms with Crippen molar-refractivity contribution in [3.8, 4) is 44.5 Å². The second-order valence-corrected chi connectivity index (χ2v) is 15.9. The number of fused-ring (bicyclic) bond motifs is 13. The minimum absolute atomic E-state index is 0.110. The standard InChI is InChI=1S/C55H36O/c1-55(2)48-31-30-35(32-47(48)52-39-17-5-3-14-36(39)37-15-4-10-22-44(37)53(52)55)33-26-28-34(29-27-33)50-40-18-6-8-20-42(40)51(43-21-9-7-19-41(43)50)46-24-13-23-45-38-16-11-12-25-49(38)56-54(45)46/h3-32H,1-2H3. The Labute approximate surface area is 325 Å². The minimum Gasteiger partial charge on any atom is -0.455 e. The summed E-state index contributed by atoms with van der Waals surface area (Å²) < 4.78 is 6.60. The zero-order valence-corrected chi connectivity index (χ0v) is 31.2. The zero-order chi connectivity index (χ0) is 37.1. The highest BCUT2D eigenvalue weighted by Gasteiger charge is 2.38. The van der Waals surface area contributed by atoms with Gasteiger partial charge in [-0.3, -0.25) is 0 Å². The highest BCUT2D eigenvalue weighted by atomic mass is 16.3. The molecule has 262 valence electrons. The minimum atomic E-state index is -0.110. The summed E-state index contributed by atoms with van der Waals surface area (Å²) in [6, 6.07) is 66.9. The molecule has 10 aromatic carbocycles. The van der Waals surface area contributed by atoms with Crippen molar-refractivity contribution in [1.29, 1.82) is 0 Å². The molecule has 0 unspecified atom stereocenters. The first kappa shape index (κ1) is 31.4. The monoisotopic (exact) mass is 712 g/mol. The fourth-order valence-corrected chi connectivity index (χ4v) is 10.2. The van der Waals surface area contributed by atoms with Gasteiger partial charge in [0.2, 0.25) is 0 Å². The fourth-order valence-electron chi connectivity index (χ4n) is 10.2. The molecule has 0 atom stereocenters. The molecule has 1 heterocycles. The summed E-state index contributed by atoms with van der Waals surface area (Å²) in [6.45, 7) is 4.79. The third-order valence-electron chi connectivity index (χ3n) is 12.6. The normalized spacial score (nSPS) is 13.3. The third kappa shape index (κ3) is 4.26. The van der Waals surface area contributed by atoms with Crippen LogP contribution in [-0.2, 0) is 5.41 Å². The van der Waals surface area contributed by atoms with Crippen molar-refractivity contribution < 1.29 is 4.42 Å². The molecule has 11 aromatic rings. The molecule has 1 aliphatic carbocycles. The molecular weight excluding hydrogens is 677 g/mol. The number of benzene rings is 10. The molecule has 0 N–H and O–H groups in total. The van der Waals surface area contributed by atoms with Crippen LogP contribution in [0.2, 0.25) is 0 Å². The van der Waals surface area contributed by atoms with Crippen molar-refractivity contribution in [2.45, 2.75) is 19.3 Å². The van der Waals surface area contributed by atoms with Crippen molar-refractivity contribution in [1.82, 2.24) is 0 Å². The molecule has 1 heteroatoms. The summed E-state index contributed by atoms with van der Waals surface area (Å²) in [5.74, 6) is 0. The van der Waals surface area contributed by atoms with Crippen molar-refractivity contribution >= 4 is 65.0 Å². The van der Waals surface area contributed by atoms with E-state index in [0.717, 1.165) is 27.5 Å². The Balaban J connectivity index is 1.03. The summed E-state index contributed by atoms with van der Waals surface area (Å²) in [6.07, 6.45) is 0. The summed E-state index contributed by atoms with van der Waals surface area (Å²) >= 11 is 0. The molecular formula is C55H36O. The van der Waals surface area contributed by atoms with Crippen molar-refractivity contribution in [2.75, 3.05) is 0 Å². The first-order valence-electron chi connectivity index (χ1n) is 19.6. The van der Waals surface area contributed by atoms with Crippen LogP contribution < -0.4 is 0 Å². The van der Waals surface area contributed by atoms with Crippen molar-refractivity contribution in [3.05, 3.63) is 193 Å². The molecule has 0 saturated heterocycles. The van der Waals surface area contributed by atoms with E-state index in [4.69, 9.17) is 4.42 Å². The number of para-hydroxylation sites is 2. The number of furan rings is 1. The predicted molar refractivity (Wildman–Crippen MR) is 238 cm³/mol. The largest absolute Gasteiger partial charge is 0.455 e. The number of hydrogen-bond donors (Lipinski definition) is 0. The lowest BCUT2D eigenvalue weighted by molar-refractivity contribution is 0.666. The van der Waals surface area contributed by atoms with Crippen LogP contribution in [0.3, 0.4) is 0 Å². The summed E-state index contributed by atoms with van der Waals surface area (Å²) in [5.41, 5.74) is 14.6. The van der Waals surface area contributed by atoms with E-state index in [-0.39, 0.29) is 5.41 Å². The lowest BCUT2D eigenvalue weighted by Crippen LogP contribution is -2.15. The quantitative estimate of drug-likeness (QED) is 0.131. The van der Waals surface area contributed by atoms with Crippen LogP contribution >= 0.6 is 0 Å². The van der Waals surface area contributed by atoms with Crippen LogP contribution in [0.4, 0.5) is 0 Å². The van der Waals surface area contributed by atoms with E-state index in [2.05, 4.69) is 190 Å². The van der Waals surface area contributed by atoms with E-state index in [1.807, 2.05) is 6.07 Å². The Kier molecular flexibility index (Phi) is 6.46. The maximum Gasteiger partial charge on any atom is 0.143 e. The first-order valence-corrected chi connectivity index (χ1v) is 19.6. The predicted octanol–water partition coefficient (Wildman–Crippen LogP) is 15.5. The molecule has 12 rings (SSSR count). The maximum atomic E-state index is 6.60. The Hall–Kier alpha value is -6.96. The topological polar surface area (TPSA) is 13.1 Å². The van der Waals surface area contributed by atoms with Crippen molar-refractivity contribution in [2.24, 2.45) is 0 Å². The summed E-state index contributed by atoms with van der Waals surface area (Å²) in [7, 11) is 0. The van der Waals surface area contributed by atoms with E-state index in [1.165, 1.54) is 93.2 Å². The van der Waals surface area contributed by atoms with E-state index in [0.29, 0.717) is 0 Å². The molecule has 0 aliphatic heterocycles. The van der Waals surface area contributed by atoms with Crippen LogP contribution in [0.5, 0.6) is 0 Å². The summed E-state index contributed by atoms with van der Waals surface area (Å²) in [5, 5.41) is 12.5. The van der Waals surface area contributed by atoms with Gasteiger partial charge >= 0.3 is 0 Å². The van der Waals surface area contributed by atoms with Gasteiger partial charge in [-0.25, -0.2) is 0 Å². The van der Waals surface area contributed by atoms with Crippen LogP contribution in [0.25, 0.3) is 110 Å². The maximum absolute atomic E-state index is 6.60. The smallest absolute Gasteiger partial charge is 0.143 e. The van der Waals surface area contributed by atoms with Gasteiger partial charge in [-0.2, -0.15) is 0 Å². The Morgan fingerprint density at radius 2 is 0.821 bits per heavy atom. The van der Waals surface area contributed by atoms with Gasteiger partial charge < -0.3 is 4.42 Å². The molecule has 1 aliphatic rings. The van der Waals surface area contributed by atoms with Crippen LogP contribution in [0, 0.1) is 0 Å². The molecule has 1 aromatic heterocycles. The molecule has 56 heavy (non-hydrogen) atoms. The SMILES string of the molecule is CC1(C)c2ccc(-c3ccc(-c4c5ccccc5c(-c5cccc6c5oc5ccccc56)c5ccccc45)cc3)cc2-c2c1c1ccccc1c1ccccc21. The zero-order valence-electron chi connectivity index (χ0n) is 31.2. The Morgan fingerprint density at radius 3 is 1.48 bits per heavy atom. The van der Waals surface area contributed by atoms with E-state index < -0.39 is 0 Å². The van der Waals surface area contributed by atoms with Crippen molar-refractivity contribution in [3.63, 3.8) is 0 Å². The molecule has 0 amide bonds. The number of rotatable bonds is 3. The second kappa shape index (κ2) is 11.5. The lowest BCUT2D eigenvalue weighted by Gasteiger charge is -2.24. The van der Waals surface area contributed by atoms with Gasteiger partial charge in [-0.15, -0.1) is 0 Å². The van der Waals surface area contributed by atoms with E-state index in [9.17, 15) is 0 Å². The molecule has 0 fully saturated rings. The molecule has 0 saturated carbocycles. The second-order valence-electron chi connectivity index (χ2n) is 15.9. The van der Waals surface area contributed by atoms with Gasteiger partial charge in [0.25, 0.3) is 0 Å². The van der Waals surface area contributed by atoms with Gasteiger partial charge in [0, 0.05) is 27.3 Å². The Morgan fingerprint density at radius 1 is 0.339 bits per heavy atom. The number of hydrogen-bond acceptors (Lipinski definition) is 1. The van der Waals surface area contributed by atoms with Gasteiger partial charge in [0.05, 0.1) is 0 Å². The average molecular weight is 713 g/mol. The van der Waals surface area contributed by atoms with Crippen LogP contribution in [0.15, 0.2) is 186 Å². The molecule has 0 spiro atoms. The molecule has 0 bridgehead atoms. The van der Waals surface area contributed by atoms with E-state index >= 15 is 0 Å². The fraction of sp³-hybridized carbons (Fsp3) is 0.0545. The highest BCUT2D eigenvalue weighted by molar-refractivity contribution is 6.24. The molecule has 0 radical (unpaired) electrons. The van der Waals surface area contributed by atoms with Gasteiger partial charge in [0.15, 0.2) is 0 Å². The third-order valence-corrected chi connectivity index (χ3v) is 12.6. The molecule has 1 nitrogen and oxygen atoms in total. The highest BCUT2D eigenvalue weighted by Crippen LogP contribution is 2.55. The van der Waals surface area contributed by atoms with Crippen LogP contribution in [0.1, 0.15) is 25.0 Å². The Bertz CT molecular complexity index is 3370.